The molecule has 15 heavy (non-hydrogen) atoms. The molecule has 0 saturated carbocycles. The molecule has 0 bridgehead atoms. The molecule has 0 aromatic carbocycles. The normalized spacial score (nSPS) is 29.3. The Morgan fingerprint density at radius 1 is 1.47 bits per heavy atom. The minimum absolute atomic E-state index is 0.0162. The summed E-state index contributed by atoms with van der Waals surface area (Å²) in [5, 5.41) is 2.76. The first kappa shape index (κ1) is 10.3. The van der Waals surface area contributed by atoms with E-state index in [1.165, 1.54) is 0 Å². The minimum atomic E-state index is -0.476. The largest absolute Gasteiger partial charge is 0.444 e. The smallest absolute Gasteiger partial charge is 0.410 e. The molecule has 0 spiro atoms. The molecule has 0 radical (unpaired) electrons. The van der Waals surface area contributed by atoms with E-state index in [1.54, 1.807) is 4.90 Å². The van der Waals surface area contributed by atoms with E-state index in [-0.39, 0.29) is 24.0 Å². The van der Waals surface area contributed by atoms with Crippen LogP contribution in [0, 0.1) is 5.92 Å². The Morgan fingerprint density at radius 2 is 2.13 bits per heavy atom. The molecule has 5 nitrogen and oxygen atoms in total. The molecule has 2 atom stereocenters. The van der Waals surface area contributed by atoms with Crippen LogP contribution >= 0.6 is 0 Å². The van der Waals surface area contributed by atoms with E-state index >= 15 is 0 Å². The number of carbonyl (C=O) groups is 2. The maximum atomic E-state index is 11.7. The molecule has 5 heteroatoms. The maximum absolute atomic E-state index is 11.7. The van der Waals surface area contributed by atoms with Gasteiger partial charge in [-0.1, -0.05) is 0 Å². The highest BCUT2D eigenvalue weighted by Gasteiger charge is 2.48. The molecule has 2 fully saturated rings. The van der Waals surface area contributed by atoms with Crippen LogP contribution in [-0.2, 0) is 9.53 Å². The fraction of sp³-hybridized carbons (Fsp3) is 0.800. The van der Waals surface area contributed by atoms with Crippen molar-refractivity contribution < 1.29 is 14.3 Å². The van der Waals surface area contributed by atoms with Crippen LogP contribution < -0.4 is 5.32 Å². The fourth-order valence-corrected chi connectivity index (χ4v) is 1.88. The van der Waals surface area contributed by atoms with Gasteiger partial charge in [-0.15, -0.1) is 0 Å². The first-order chi connectivity index (χ1) is 6.87. The van der Waals surface area contributed by atoms with Crippen LogP contribution in [0.5, 0.6) is 0 Å². The van der Waals surface area contributed by atoms with E-state index in [4.69, 9.17) is 4.74 Å². The number of β-lactam (4-membered cyclic amide) rings is 1. The second kappa shape index (κ2) is 3.12. The van der Waals surface area contributed by atoms with Crippen molar-refractivity contribution in [1.29, 1.82) is 0 Å². The third-order valence-electron chi connectivity index (χ3n) is 2.64. The zero-order valence-electron chi connectivity index (χ0n) is 9.24. The molecule has 2 heterocycles. The van der Waals surface area contributed by atoms with E-state index in [0.717, 1.165) is 0 Å². The van der Waals surface area contributed by atoms with E-state index < -0.39 is 5.60 Å². The van der Waals surface area contributed by atoms with Crippen molar-refractivity contribution in [3.8, 4) is 0 Å². The number of likely N-dealkylation sites (tertiary alicyclic amines) is 1. The highest BCUT2D eigenvalue weighted by atomic mass is 16.6. The molecule has 2 saturated heterocycles. The predicted octanol–water partition coefficient (Wildman–Crippen LogP) is 0.352. The van der Waals surface area contributed by atoms with Crippen LogP contribution in [0.4, 0.5) is 4.79 Å². The lowest BCUT2D eigenvalue weighted by Gasteiger charge is -2.28. The van der Waals surface area contributed by atoms with Crippen LogP contribution in [0.2, 0.25) is 0 Å². The monoisotopic (exact) mass is 212 g/mol. The van der Waals surface area contributed by atoms with Crippen LogP contribution in [0.1, 0.15) is 20.8 Å². The first-order valence-electron chi connectivity index (χ1n) is 5.15. The highest BCUT2D eigenvalue weighted by Crippen LogP contribution is 2.25. The molecule has 2 aliphatic rings. The third-order valence-corrected chi connectivity index (χ3v) is 2.64. The van der Waals surface area contributed by atoms with Gasteiger partial charge in [-0.3, -0.25) is 4.79 Å². The summed E-state index contributed by atoms with van der Waals surface area (Å²) in [5.74, 6) is 0.0311. The van der Waals surface area contributed by atoms with Gasteiger partial charge in [-0.25, -0.2) is 4.79 Å². The average molecular weight is 212 g/mol. The van der Waals surface area contributed by atoms with Gasteiger partial charge in [0.05, 0.1) is 12.0 Å². The first-order valence-corrected chi connectivity index (χ1v) is 5.15. The quantitative estimate of drug-likeness (QED) is 0.589. The number of amides is 2. The second-order valence-electron chi connectivity index (χ2n) is 5.11. The Morgan fingerprint density at radius 3 is 2.60 bits per heavy atom. The number of nitrogens with zero attached hydrogens (tertiary/aromatic N) is 1. The van der Waals surface area contributed by atoms with Crippen LogP contribution in [-0.4, -0.2) is 41.6 Å². The van der Waals surface area contributed by atoms with Gasteiger partial charge in [0.25, 0.3) is 0 Å². The van der Waals surface area contributed by atoms with Crippen LogP contribution in [0.25, 0.3) is 0 Å². The highest BCUT2D eigenvalue weighted by molar-refractivity contribution is 5.88. The van der Waals surface area contributed by atoms with Crippen molar-refractivity contribution in [2.45, 2.75) is 32.4 Å². The maximum Gasteiger partial charge on any atom is 0.410 e. The van der Waals surface area contributed by atoms with Crippen LogP contribution in [0.15, 0.2) is 0 Å². The van der Waals surface area contributed by atoms with Gasteiger partial charge in [-0.05, 0) is 20.8 Å². The van der Waals surface area contributed by atoms with Gasteiger partial charge in [0, 0.05) is 13.1 Å². The van der Waals surface area contributed by atoms with Crippen molar-refractivity contribution in [3.63, 3.8) is 0 Å². The SMILES string of the molecule is CC(C)(C)OC(=O)N1CC2NC(=O)C2C1. The fourth-order valence-electron chi connectivity index (χ4n) is 1.88. The van der Waals surface area contributed by atoms with Gasteiger partial charge in [-0.2, -0.15) is 0 Å². The Hall–Kier alpha value is -1.26. The van der Waals surface area contributed by atoms with Gasteiger partial charge in [0.15, 0.2) is 0 Å². The van der Waals surface area contributed by atoms with E-state index in [9.17, 15) is 9.59 Å². The Labute approximate surface area is 88.8 Å². The number of carbonyl (C=O) groups excluding carboxylic acids is 2. The summed E-state index contributed by atoms with van der Waals surface area (Å²) < 4.78 is 5.23. The summed E-state index contributed by atoms with van der Waals surface area (Å²) >= 11 is 0. The summed E-state index contributed by atoms with van der Waals surface area (Å²) in [5.41, 5.74) is -0.476. The van der Waals surface area contributed by atoms with Gasteiger partial charge >= 0.3 is 6.09 Å². The summed E-state index contributed by atoms with van der Waals surface area (Å²) in [6, 6.07) is 0.144. The molecule has 2 aliphatic heterocycles. The zero-order chi connectivity index (χ0) is 11.2. The Bertz CT molecular complexity index is 308. The van der Waals surface area contributed by atoms with Crippen molar-refractivity contribution in [3.05, 3.63) is 0 Å². The molecule has 2 rings (SSSR count). The molecular formula is C10H16N2O3. The van der Waals surface area contributed by atoms with Gasteiger partial charge < -0.3 is 15.0 Å². The van der Waals surface area contributed by atoms with Crippen molar-refractivity contribution in [2.75, 3.05) is 13.1 Å². The molecule has 0 aromatic rings. The molecule has 2 amide bonds. The molecule has 84 valence electrons. The van der Waals surface area contributed by atoms with E-state index in [1.807, 2.05) is 20.8 Å². The molecular weight excluding hydrogens is 196 g/mol. The van der Waals surface area contributed by atoms with Crippen molar-refractivity contribution >= 4 is 12.0 Å². The Kier molecular flexibility index (Phi) is 2.13. The molecule has 0 aliphatic carbocycles. The minimum Gasteiger partial charge on any atom is -0.444 e. The molecule has 0 aromatic heterocycles. The number of rotatable bonds is 0. The van der Waals surface area contributed by atoms with E-state index in [2.05, 4.69) is 5.32 Å². The molecule has 1 N–H and O–H groups in total. The average Bonchev–Trinajstić information content (AvgIpc) is 2.39. The third kappa shape index (κ3) is 1.91. The summed E-state index contributed by atoms with van der Waals surface area (Å²) in [6.07, 6.45) is -0.327. The summed E-state index contributed by atoms with van der Waals surface area (Å²) in [4.78, 5) is 24.3. The lowest BCUT2D eigenvalue weighted by atomic mass is 9.95. The lowest BCUT2D eigenvalue weighted by molar-refractivity contribution is -0.132. The topological polar surface area (TPSA) is 58.6 Å². The molecule has 2 unspecified atom stereocenters. The van der Waals surface area contributed by atoms with Gasteiger partial charge in [0.2, 0.25) is 5.91 Å². The lowest BCUT2D eigenvalue weighted by Crippen LogP contribution is -2.57. The zero-order valence-corrected chi connectivity index (χ0v) is 9.24. The number of hydrogen-bond acceptors (Lipinski definition) is 3. The second-order valence-corrected chi connectivity index (χ2v) is 5.11. The van der Waals surface area contributed by atoms with Gasteiger partial charge in [0.1, 0.15) is 5.60 Å². The number of fused-ring (bicyclic) bond motifs is 1. The van der Waals surface area contributed by atoms with Crippen molar-refractivity contribution in [2.24, 2.45) is 5.92 Å². The summed E-state index contributed by atoms with van der Waals surface area (Å²) in [7, 11) is 0. The van der Waals surface area contributed by atoms with Crippen LogP contribution in [0.3, 0.4) is 0 Å². The predicted molar refractivity (Wildman–Crippen MR) is 53.2 cm³/mol. The number of ether oxygens (including phenoxy) is 1. The van der Waals surface area contributed by atoms with E-state index in [0.29, 0.717) is 13.1 Å². The van der Waals surface area contributed by atoms with Crippen molar-refractivity contribution in [1.82, 2.24) is 10.2 Å². The number of hydrogen-bond donors (Lipinski definition) is 1. The number of nitrogens with one attached hydrogen (secondary N) is 1. The Balaban J connectivity index is 1.91. The standard InChI is InChI=1S/C10H16N2O3/c1-10(2,3)15-9(14)12-4-6-7(5-12)11-8(6)13/h6-7H,4-5H2,1-3H3,(H,11,13). The summed E-state index contributed by atoms with van der Waals surface area (Å²) in [6.45, 7) is 6.56.